The van der Waals surface area contributed by atoms with Crippen LogP contribution in [-0.4, -0.2) is 41.3 Å². The molecule has 7 heteroatoms. The van der Waals surface area contributed by atoms with E-state index in [4.69, 9.17) is 16.3 Å². The van der Waals surface area contributed by atoms with Crippen LogP contribution in [0.4, 0.5) is 4.79 Å². The fraction of sp³-hybridized carbons (Fsp3) is 0.292. The highest BCUT2D eigenvalue weighted by Crippen LogP contribution is 2.44. The molecule has 0 bridgehead atoms. The van der Waals surface area contributed by atoms with Gasteiger partial charge in [-0.15, -0.1) is 12.3 Å². The lowest BCUT2D eigenvalue weighted by Crippen LogP contribution is -2.53. The summed E-state index contributed by atoms with van der Waals surface area (Å²) in [5.74, 6) is 0.353. The van der Waals surface area contributed by atoms with E-state index < -0.39 is 29.6 Å². The van der Waals surface area contributed by atoms with E-state index in [-0.39, 0.29) is 18.9 Å². The van der Waals surface area contributed by atoms with Crippen LogP contribution >= 0.6 is 0 Å². The molecule has 0 spiro atoms. The van der Waals surface area contributed by atoms with Crippen LogP contribution in [0, 0.1) is 12.3 Å². The van der Waals surface area contributed by atoms with E-state index >= 15 is 0 Å². The summed E-state index contributed by atoms with van der Waals surface area (Å²) in [5, 5.41) is 14.2. The molecule has 1 fully saturated rings. The maximum atomic E-state index is 12.5. The fourth-order valence-electron chi connectivity index (χ4n) is 3.98. The van der Waals surface area contributed by atoms with Crippen LogP contribution in [0.3, 0.4) is 0 Å². The van der Waals surface area contributed by atoms with Crippen molar-refractivity contribution >= 4 is 18.0 Å². The Bertz CT molecular complexity index is 1040. The van der Waals surface area contributed by atoms with Crippen molar-refractivity contribution in [1.82, 2.24) is 10.6 Å². The number of rotatable bonds is 7. The number of fused-ring (bicyclic) bond motifs is 3. The molecule has 4 rings (SSSR count). The van der Waals surface area contributed by atoms with Gasteiger partial charge in [-0.3, -0.25) is 4.79 Å². The van der Waals surface area contributed by atoms with Crippen LogP contribution in [0.15, 0.2) is 48.5 Å². The zero-order valence-electron chi connectivity index (χ0n) is 16.8. The van der Waals surface area contributed by atoms with Gasteiger partial charge < -0.3 is 20.5 Å². The molecule has 2 aliphatic carbocycles. The number of amides is 2. The van der Waals surface area contributed by atoms with Crippen LogP contribution in [0.25, 0.3) is 11.1 Å². The first-order valence-corrected chi connectivity index (χ1v) is 10.1. The number of carbonyl (C=O) groups excluding carboxylic acids is 2. The Labute approximate surface area is 179 Å². The molecule has 0 radical (unpaired) electrons. The van der Waals surface area contributed by atoms with Gasteiger partial charge in [0.2, 0.25) is 5.91 Å². The number of benzene rings is 2. The number of hydrogen-bond donors (Lipinski definition) is 3. The van der Waals surface area contributed by atoms with Gasteiger partial charge in [0.15, 0.2) is 0 Å². The molecule has 31 heavy (non-hydrogen) atoms. The highest BCUT2D eigenvalue weighted by Gasteiger charge is 2.52. The first-order chi connectivity index (χ1) is 14.9. The average Bonchev–Trinajstić information content (AvgIpc) is 3.47. The molecule has 0 aromatic heterocycles. The van der Waals surface area contributed by atoms with Crippen LogP contribution in [0.2, 0.25) is 0 Å². The first-order valence-electron chi connectivity index (χ1n) is 10.1. The Morgan fingerprint density at radius 1 is 1.10 bits per heavy atom. The minimum absolute atomic E-state index is 0.0888. The van der Waals surface area contributed by atoms with Gasteiger partial charge in [0, 0.05) is 12.3 Å². The van der Waals surface area contributed by atoms with Gasteiger partial charge in [-0.25, -0.2) is 9.59 Å². The first kappa shape index (κ1) is 20.5. The summed E-state index contributed by atoms with van der Waals surface area (Å²) in [5.41, 5.74) is 3.28. The van der Waals surface area contributed by atoms with Crippen molar-refractivity contribution in [1.29, 1.82) is 0 Å². The predicted octanol–water partition coefficient (Wildman–Crippen LogP) is 2.65. The van der Waals surface area contributed by atoms with Gasteiger partial charge in [0.1, 0.15) is 18.2 Å². The maximum Gasteiger partial charge on any atom is 0.408 e. The Morgan fingerprint density at radius 2 is 1.68 bits per heavy atom. The summed E-state index contributed by atoms with van der Waals surface area (Å²) in [6.07, 6.45) is 5.13. The molecule has 0 saturated heterocycles. The van der Waals surface area contributed by atoms with Gasteiger partial charge in [-0.05, 0) is 35.1 Å². The lowest BCUT2D eigenvalue weighted by Gasteiger charge is -2.20. The standard InChI is InChI=1S/C24H22N2O5/c1-2-7-20(21(27)28)25-22(29)24(12-13-24)26-23(30)31-14-19-17-10-5-3-8-15(17)16-9-4-6-11-18(16)19/h1,3-6,8-11,19-20H,7,12-14H2,(H,25,29)(H,26,30)(H,27,28). The number of carboxylic acid groups (broad SMARTS) is 1. The molecular weight excluding hydrogens is 396 g/mol. The largest absolute Gasteiger partial charge is 0.480 e. The molecule has 1 atom stereocenters. The molecule has 2 amide bonds. The Morgan fingerprint density at radius 3 is 2.19 bits per heavy atom. The maximum absolute atomic E-state index is 12.5. The summed E-state index contributed by atoms with van der Waals surface area (Å²) in [4.78, 5) is 36.2. The average molecular weight is 418 g/mol. The molecule has 0 heterocycles. The molecule has 158 valence electrons. The molecular formula is C24H22N2O5. The van der Waals surface area contributed by atoms with Crippen molar-refractivity contribution in [3.63, 3.8) is 0 Å². The van der Waals surface area contributed by atoms with E-state index in [9.17, 15) is 14.4 Å². The molecule has 0 aliphatic heterocycles. The molecule has 2 aromatic rings. The van der Waals surface area contributed by atoms with Crippen LogP contribution in [0.1, 0.15) is 36.3 Å². The Kier molecular flexibility index (Phi) is 5.38. The number of alkyl carbamates (subject to hydrolysis) is 1. The van der Waals surface area contributed by atoms with Gasteiger partial charge >= 0.3 is 12.1 Å². The minimum Gasteiger partial charge on any atom is -0.480 e. The molecule has 2 aliphatic rings. The minimum atomic E-state index is -1.22. The van der Waals surface area contributed by atoms with Crippen molar-refractivity contribution in [2.75, 3.05) is 6.61 Å². The van der Waals surface area contributed by atoms with Gasteiger partial charge in [-0.2, -0.15) is 0 Å². The smallest absolute Gasteiger partial charge is 0.408 e. The second-order valence-corrected chi connectivity index (χ2v) is 7.81. The topological polar surface area (TPSA) is 105 Å². The van der Waals surface area contributed by atoms with Crippen LogP contribution < -0.4 is 10.6 Å². The molecule has 1 unspecified atom stereocenters. The highest BCUT2D eigenvalue weighted by atomic mass is 16.5. The Hall–Kier alpha value is -3.79. The third-order valence-corrected chi connectivity index (χ3v) is 5.80. The third-order valence-electron chi connectivity index (χ3n) is 5.80. The summed E-state index contributed by atoms with van der Waals surface area (Å²) in [7, 11) is 0. The molecule has 2 aromatic carbocycles. The van der Waals surface area contributed by atoms with Crippen LogP contribution in [0.5, 0.6) is 0 Å². The second-order valence-electron chi connectivity index (χ2n) is 7.81. The number of hydrogen-bond acceptors (Lipinski definition) is 4. The summed E-state index contributed by atoms with van der Waals surface area (Å²) < 4.78 is 5.49. The number of carboxylic acids is 1. The van der Waals surface area contributed by atoms with Crippen molar-refractivity contribution in [3.05, 3.63) is 59.7 Å². The van der Waals surface area contributed by atoms with Gasteiger partial charge in [0.25, 0.3) is 0 Å². The third kappa shape index (κ3) is 3.97. The number of terminal acetylenes is 1. The lowest BCUT2D eigenvalue weighted by molar-refractivity contribution is -0.142. The van der Waals surface area contributed by atoms with E-state index in [1.54, 1.807) is 0 Å². The van der Waals surface area contributed by atoms with E-state index in [1.807, 2.05) is 48.5 Å². The Balaban J connectivity index is 1.39. The van der Waals surface area contributed by atoms with Gasteiger partial charge in [0.05, 0.1) is 0 Å². The molecule has 3 N–H and O–H groups in total. The van der Waals surface area contributed by atoms with E-state index in [0.717, 1.165) is 22.3 Å². The van der Waals surface area contributed by atoms with Crippen molar-refractivity contribution in [2.24, 2.45) is 0 Å². The van der Waals surface area contributed by atoms with Crippen LogP contribution in [-0.2, 0) is 14.3 Å². The number of carbonyl (C=O) groups is 3. The summed E-state index contributed by atoms with van der Waals surface area (Å²) in [6.45, 7) is 0.131. The summed E-state index contributed by atoms with van der Waals surface area (Å²) in [6, 6.07) is 14.8. The van der Waals surface area contributed by atoms with E-state index in [0.29, 0.717) is 12.8 Å². The number of ether oxygens (including phenoxy) is 1. The predicted molar refractivity (Wildman–Crippen MR) is 113 cm³/mol. The quantitative estimate of drug-likeness (QED) is 0.600. The fourth-order valence-corrected chi connectivity index (χ4v) is 3.98. The lowest BCUT2D eigenvalue weighted by atomic mass is 9.98. The molecule has 7 nitrogen and oxygen atoms in total. The monoisotopic (exact) mass is 418 g/mol. The van der Waals surface area contributed by atoms with E-state index in [1.165, 1.54) is 0 Å². The molecule has 1 saturated carbocycles. The highest BCUT2D eigenvalue weighted by molar-refractivity contribution is 5.95. The summed E-state index contributed by atoms with van der Waals surface area (Å²) >= 11 is 0. The normalized spacial score (nSPS) is 16.2. The van der Waals surface area contributed by atoms with E-state index in [2.05, 4.69) is 16.6 Å². The van der Waals surface area contributed by atoms with Crippen molar-refractivity contribution < 1.29 is 24.2 Å². The van der Waals surface area contributed by atoms with Crippen molar-refractivity contribution in [2.45, 2.75) is 36.8 Å². The SMILES string of the molecule is C#CCC(NC(=O)C1(NC(=O)OCC2c3ccccc3-c3ccccc32)CC1)C(=O)O. The number of aliphatic carboxylic acids is 1. The number of nitrogens with one attached hydrogen (secondary N) is 2. The van der Waals surface area contributed by atoms with Crippen molar-refractivity contribution in [3.8, 4) is 23.5 Å². The zero-order chi connectivity index (χ0) is 22.0. The zero-order valence-corrected chi connectivity index (χ0v) is 16.8. The van der Waals surface area contributed by atoms with Gasteiger partial charge in [-0.1, -0.05) is 48.5 Å². The second kappa shape index (κ2) is 8.15.